The summed E-state index contributed by atoms with van der Waals surface area (Å²) >= 11 is 0. The maximum atomic E-state index is 10.5. The number of rotatable bonds is 2. The van der Waals surface area contributed by atoms with Crippen LogP contribution in [0.2, 0.25) is 0 Å². The molecule has 2 rings (SSSR count). The van der Waals surface area contributed by atoms with Crippen LogP contribution >= 0.6 is 0 Å². The third kappa shape index (κ3) is 2.74. The van der Waals surface area contributed by atoms with Crippen molar-refractivity contribution < 1.29 is 5.11 Å². The zero-order chi connectivity index (χ0) is 11.6. The fourth-order valence-corrected chi connectivity index (χ4v) is 2.23. The lowest BCUT2D eigenvalue weighted by Gasteiger charge is -2.36. The maximum absolute atomic E-state index is 10.5. The van der Waals surface area contributed by atoms with Crippen LogP contribution in [0.15, 0.2) is 24.3 Å². The molecule has 3 nitrogen and oxygen atoms in total. The van der Waals surface area contributed by atoms with Crippen molar-refractivity contribution in [3.63, 3.8) is 0 Å². The van der Waals surface area contributed by atoms with Crippen LogP contribution in [0.4, 0.5) is 5.69 Å². The minimum Gasteiger partial charge on any atom is -0.399 e. The van der Waals surface area contributed by atoms with E-state index in [9.17, 15) is 5.11 Å². The Kier molecular flexibility index (Phi) is 3.17. The van der Waals surface area contributed by atoms with Gasteiger partial charge in [0.2, 0.25) is 0 Å². The van der Waals surface area contributed by atoms with Crippen molar-refractivity contribution in [1.29, 1.82) is 0 Å². The summed E-state index contributed by atoms with van der Waals surface area (Å²) in [6, 6.07) is 7.80. The number of nitrogens with zero attached hydrogens (tertiary/aromatic N) is 1. The molecule has 0 radical (unpaired) electrons. The van der Waals surface area contributed by atoms with Crippen molar-refractivity contribution in [3.05, 3.63) is 29.8 Å². The maximum Gasteiger partial charge on any atom is 0.0712 e. The number of benzene rings is 1. The predicted molar refractivity (Wildman–Crippen MR) is 66.2 cm³/mol. The van der Waals surface area contributed by atoms with Gasteiger partial charge in [-0.05, 0) is 37.6 Å². The Morgan fingerprint density at radius 1 is 1.25 bits per heavy atom. The molecule has 1 saturated heterocycles. The summed E-state index contributed by atoms with van der Waals surface area (Å²) in [6.07, 6.45) is 2.45. The van der Waals surface area contributed by atoms with Gasteiger partial charge in [0.15, 0.2) is 0 Å². The van der Waals surface area contributed by atoms with Crippen molar-refractivity contribution in [2.45, 2.75) is 24.9 Å². The quantitative estimate of drug-likeness (QED) is 0.738. The van der Waals surface area contributed by atoms with E-state index in [1.165, 1.54) is 5.56 Å². The topological polar surface area (TPSA) is 49.5 Å². The van der Waals surface area contributed by atoms with Gasteiger partial charge in [-0.25, -0.2) is 0 Å². The second kappa shape index (κ2) is 4.44. The Hall–Kier alpha value is -1.06. The number of hydrogen-bond donors (Lipinski definition) is 2. The predicted octanol–water partition coefficient (Wildman–Crippen LogP) is 1.27. The largest absolute Gasteiger partial charge is 0.399 e. The molecule has 1 aromatic carbocycles. The number of anilines is 1. The molecular weight excluding hydrogens is 200 g/mol. The van der Waals surface area contributed by atoms with Crippen LogP contribution < -0.4 is 5.73 Å². The average molecular weight is 220 g/mol. The number of aliphatic hydroxyl groups is 1. The van der Waals surface area contributed by atoms with Crippen LogP contribution in [0, 0.1) is 0 Å². The molecule has 16 heavy (non-hydrogen) atoms. The minimum absolute atomic E-state index is 0.525. The van der Waals surface area contributed by atoms with E-state index < -0.39 is 5.60 Å². The molecule has 0 atom stereocenters. The molecule has 0 spiro atoms. The van der Waals surface area contributed by atoms with Gasteiger partial charge in [-0.1, -0.05) is 12.1 Å². The van der Waals surface area contributed by atoms with Crippen molar-refractivity contribution in [3.8, 4) is 0 Å². The SMILES string of the molecule is CN1CCC(O)(Cc2ccc(N)cc2)CC1. The summed E-state index contributed by atoms with van der Waals surface area (Å²) in [5.74, 6) is 0. The van der Waals surface area contributed by atoms with Gasteiger partial charge in [-0.3, -0.25) is 0 Å². The zero-order valence-corrected chi connectivity index (χ0v) is 9.82. The monoisotopic (exact) mass is 220 g/mol. The van der Waals surface area contributed by atoms with Crippen molar-refractivity contribution in [2.24, 2.45) is 0 Å². The van der Waals surface area contributed by atoms with Crippen LogP contribution in [-0.2, 0) is 6.42 Å². The van der Waals surface area contributed by atoms with Gasteiger partial charge in [0.25, 0.3) is 0 Å². The zero-order valence-electron chi connectivity index (χ0n) is 9.82. The van der Waals surface area contributed by atoms with Gasteiger partial charge < -0.3 is 15.7 Å². The number of nitrogens with two attached hydrogens (primary N) is 1. The second-order valence-corrected chi connectivity index (χ2v) is 4.95. The van der Waals surface area contributed by atoms with E-state index in [2.05, 4.69) is 11.9 Å². The fraction of sp³-hybridized carbons (Fsp3) is 0.538. The molecule has 0 unspecified atom stereocenters. The molecule has 0 aromatic heterocycles. The summed E-state index contributed by atoms with van der Waals surface area (Å²) < 4.78 is 0. The van der Waals surface area contributed by atoms with E-state index in [-0.39, 0.29) is 0 Å². The minimum atomic E-state index is -0.525. The van der Waals surface area contributed by atoms with Gasteiger partial charge >= 0.3 is 0 Å². The van der Waals surface area contributed by atoms with Gasteiger partial charge in [-0.15, -0.1) is 0 Å². The number of likely N-dealkylation sites (tertiary alicyclic amines) is 1. The van der Waals surface area contributed by atoms with Crippen molar-refractivity contribution >= 4 is 5.69 Å². The first-order valence-corrected chi connectivity index (χ1v) is 5.83. The summed E-state index contributed by atoms with van der Waals surface area (Å²) in [5, 5.41) is 10.5. The normalized spacial score (nSPS) is 20.9. The van der Waals surface area contributed by atoms with Crippen molar-refractivity contribution in [2.75, 3.05) is 25.9 Å². The molecule has 0 bridgehead atoms. The van der Waals surface area contributed by atoms with E-state index in [1.807, 2.05) is 24.3 Å². The molecule has 0 amide bonds. The van der Waals surface area contributed by atoms with Crippen LogP contribution in [0.5, 0.6) is 0 Å². The highest BCUT2D eigenvalue weighted by Crippen LogP contribution is 2.25. The number of piperidine rings is 1. The molecule has 1 aliphatic heterocycles. The first-order valence-electron chi connectivity index (χ1n) is 5.83. The Morgan fingerprint density at radius 2 is 1.81 bits per heavy atom. The van der Waals surface area contributed by atoms with E-state index >= 15 is 0 Å². The summed E-state index contributed by atoms with van der Waals surface area (Å²) in [5.41, 5.74) is 7.06. The Morgan fingerprint density at radius 3 is 2.38 bits per heavy atom. The lowest BCUT2D eigenvalue weighted by atomic mass is 9.85. The van der Waals surface area contributed by atoms with Crippen LogP contribution in [0.25, 0.3) is 0 Å². The molecule has 1 aromatic rings. The molecule has 1 heterocycles. The van der Waals surface area contributed by atoms with Gasteiger partial charge in [0.05, 0.1) is 5.60 Å². The van der Waals surface area contributed by atoms with Gasteiger partial charge in [-0.2, -0.15) is 0 Å². The van der Waals surface area contributed by atoms with Crippen LogP contribution in [-0.4, -0.2) is 35.7 Å². The van der Waals surface area contributed by atoms with Crippen LogP contribution in [0.1, 0.15) is 18.4 Å². The summed E-state index contributed by atoms with van der Waals surface area (Å²) in [7, 11) is 2.10. The van der Waals surface area contributed by atoms with Gasteiger partial charge in [0, 0.05) is 25.2 Å². The van der Waals surface area contributed by atoms with E-state index in [4.69, 9.17) is 5.73 Å². The first kappa shape index (κ1) is 11.4. The number of nitrogen functional groups attached to an aromatic ring is 1. The lowest BCUT2D eigenvalue weighted by Crippen LogP contribution is -2.44. The van der Waals surface area contributed by atoms with E-state index in [0.29, 0.717) is 0 Å². The standard InChI is InChI=1S/C13H20N2O/c1-15-8-6-13(16,7-9-15)10-11-2-4-12(14)5-3-11/h2-5,16H,6-10,14H2,1H3. The molecule has 1 aliphatic rings. The molecule has 0 aliphatic carbocycles. The fourth-order valence-electron chi connectivity index (χ4n) is 2.23. The Bertz CT molecular complexity index is 339. The Labute approximate surface area is 96.9 Å². The molecular formula is C13H20N2O. The molecule has 0 saturated carbocycles. The number of hydrogen-bond acceptors (Lipinski definition) is 3. The first-order chi connectivity index (χ1) is 7.57. The molecule has 88 valence electrons. The highest BCUT2D eigenvalue weighted by molar-refractivity contribution is 5.39. The third-order valence-electron chi connectivity index (χ3n) is 3.43. The van der Waals surface area contributed by atoms with E-state index in [0.717, 1.165) is 38.0 Å². The summed E-state index contributed by atoms with van der Waals surface area (Å²) in [4.78, 5) is 2.26. The molecule has 3 heteroatoms. The smallest absolute Gasteiger partial charge is 0.0712 e. The van der Waals surface area contributed by atoms with Gasteiger partial charge in [0.1, 0.15) is 0 Å². The third-order valence-corrected chi connectivity index (χ3v) is 3.43. The highest BCUT2D eigenvalue weighted by atomic mass is 16.3. The highest BCUT2D eigenvalue weighted by Gasteiger charge is 2.30. The molecule has 3 N–H and O–H groups in total. The van der Waals surface area contributed by atoms with Crippen molar-refractivity contribution in [1.82, 2.24) is 4.90 Å². The van der Waals surface area contributed by atoms with Crippen LogP contribution in [0.3, 0.4) is 0 Å². The second-order valence-electron chi connectivity index (χ2n) is 4.95. The Balaban J connectivity index is 2.00. The molecule has 1 fully saturated rings. The van der Waals surface area contributed by atoms with E-state index in [1.54, 1.807) is 0 Å². The summed E-state index contributed by atoms with van der Waals surface area (Å²) in [6.45, 7) is 1.96. The lowest BCUT2D eigenvalue weighted by molar-refractivity contribution is -0.0150. The average Bonchev–Trinajstić information content (AvgIpc) is 2.27.